The van der Waals surface area contributed by atoms with E-state index < -0.39 is 0 Å². The molecule has 2 amide bonds. The number of hydrogen-bond donors (Lipinski definition) is 2. The minimum atomic E-state index is -0.239. The average Bonchev–Trinajstić information content (AvgIpc) is 2.69. The number of thioether (sulfide) groups is 1. The van der Waals surface area contributed by atoms with Crippen molar-refractivity contribution in [2.24, 2.45) is 0 Å². The van der Waals surface area contributed by atoms with Gasteiger partial charge in [0.25, 0.3) is 5.91 Å². The van der Waals surface area contributed by atoms with Gasteiger partial charge in [-0.05, 0) is 44.4 Å². The number of likely N-dealkylation sites (N-methyl/N-ethyl adjacent to an activating group) is 2. The molecule has 0 aliphatic carbocycles. The summed E-state index contributed by atoms with van der Waals surface area (Å²) in [7, 11) is 3.68. The number of carbonyl (C=O) groups excluding carboxylic acids is 2. The molecule has 0 aromatic heterocycles. The van der Waals surface area contributed by atoms with Crippen LogP contribution in [0.25, 0.3) is 0 Å². The van der Waals surface area contributed by atoms with Crippen LogP contribution in [0.1, 0.15) is 18.1 Å². The Kier molecular flexibility index (Phi) is 8.08. The summed E-state index contributed by atoms with van der Waals surface area (Å²) in [6.45, 7) is 4.69. The summed E-state index contributed by atoms with van der Waals surface area (Å²) < 4.78 is 0. The fourth-order valence-electron chi connectivity index (χ4n) is 2.89. The SMILES string of the molecule is CSc1ccc(C[NH+](C)[C@@H](C)C(=O)N(C)CC(=O)Nc2ccc(C)cc2)cc1. The molecule has 2 aromatic rings. The van der Waals surface area contributed by atoms with Crippen molar-refractivity contribution in [1.82, 2.24) is 4.90 Å². The third-order valence-electron chi connectivity index (χ3n) is 4.84. The highest BCUT2D eigenvalue weighted by molar-refractivity contribution is 7.98. The minimum Gasteiger partial charge on any atom is -0.331 e. The van der Waals surface area contributed by atoms with Gasteiger partial charge in [-0.1, -0.05) is 29.8 Å². The Morgan fingerprint density at radius 2 is 1.71 bits per heavy atom. The van der Waals surface area contributed by atoms with Crippen LogP contribution in [0.4, 0.5) is 5.69 Å². The summed E-state index contributed by atoms with van der Waals surface area (Å²) in [5.74, 6) is -0.241. The molecule has 0 aliphatic rings. The molecule has 2 rings (SSSR count). The number of amides is 2. The molecule has 6 heteroatoms. The Hall–Kier alpha value is -2.31. The molecular formula is C22H30N3O2S+. The summed E-state index contributed by atoms with van der Waals surface area (Å²) in [5, 5.41) is 2.83. The van der Waals surface area contributed by atoms with Crippen LogP contribution in [-0.2, 0) is 16.1 Å². The van der Waals surface area contributed by atoms with E-state index in [1.807, 2.05) is 45.2 Å². The van der Waals surface area contributed by atoms with Crippen LogP contribution in [0.5, 0.6) is 0 Å². The minimum absolute atomic E-state index is 0.0345. The first kappa shape index (κ1) is 22.0. The van der Waals surface area contributed by atoms with E-state index in [4.69, 9.17) is 0 Å². The smallest absolute Gasteiger partial charge is 0.280 e. The molecule has 0 radical (unpaired) electrons. The second-order valence-corrected chi connectivity index (χ2v) is 8.08. The lowest BCUT2D eigenvalue weighted by molar-refractivity contribution is -0.908. The van der Waals surface area contributed by atoms with Gasteiger partial charge in [-0.2, -0.15) is 0 Å². The first-order valence-corrected chi connectivity index (χ1v) is 10.6. The van der Waals surface area contributed by atoms with Crippen LogP contribution in [0.15, 0.2) is 53.4 Å². The van der Waals surface area contributed by atoms with Crippen molar-refractivity contribution in [3.63, 3.8) is 0 Å². The Balaban J connectivity index is 1.87. The van der Waals surface area contributed by atoms with Crippen molar-refractivity contribution in [2.75, 3.05) is 32.2 Å². The van der Waals surface area contributed by atoms with Crippen molar-refractivity contribution < 1.29 is 14.5 Å². The van der Waals surface area contributed by atoms with Crippen LogP contribution in [0.3, 0.4) is 0 Å². The lowest BCUT2D eigenvalue weighted by atomic mass is 10.2. The predicted molar refractivity (Wildman–Crippen MR) is 116 cm³/mol. The fraction of sp³-hybridized carbons (Fsp3) is 0.364. The van der Waals surface area contributed by atoms with Gasteiger partial charge in [0.1, 0.15) is 6.54 Å². The van der Waals surface area contributed by atoms with Gasteiger partial charge in [0.2, 0.25) is 5.91 Å². The molecule has 0 aliphatic heterocycles. The quantitative estimate of drug-likeness (QED) is 0.668. The van der Waals surface area contributed by atoms with Crippen molar-refractivity contribution in [3.8, 4) is 0 Å². The maximum absolute atomic E-state index is 12.7. The van der Waals surface area contributed by atoms with E-state index in [1.54, 1.807) is 18.8 Å². The topological polar surface area (TPSA) is 53.9 Å². The Morgan fingerprint density at radius 1 is 1.11 bits per heavy atom. The van der Waals surface area contributed by atoms with Crippen molar-refractivity contribution >= 4 is 29.3 Å². The van der Waals surface area contributed by atoms with E-state index >= 15 is 0 Å². The average molecular weight is 401 g/mol. The summed E-state index contributed by atoms with van der Waals surface area (Å²) in [4.78, 5) is 28.8. The van der Waals surface area contributed by atoms with Gasteiger partial charge in [0.05, 0.1) is 13.6 Å². The van der Waals surface area contributed by atoms with Crippen LogP contribution >= 0.6 is 11.8 Å². The molecule has 1 unspecified atom stereocenters. The van der Waals surface area contributed by atoms with Gasteiger partial charge in [0, 0.05) is 23.2 Å². The summed E-state index contributed by atoms with van der Waals surface area (Å²) >= 11 is 1.71. The van der Waals surface area contributed by atoms with Gasteiger partial charge < -0.3 is 15.1 Å². The molecule has 2 atom stereocenters. The summed E-state index contributed by atoms with van der Waals surface area (Å²) in [5.41, 5.74) is 3.06. The van der Waals surface area contributed by atoms with Gasteiger partial charge in [-0.3, -0.25) is 9.59 Å². The maximum atomic E-state index is 12.7. The molecule has 5 nitrogen and oxygen atoms in total. The molecule has 0 heterocycles. The van der Waals surface area contributed by atoms with Gasteiger partial charge >= 0.3 is 0 Å². The molecular weight excluding hydrogens is 370 g/mol. The van der Waals surface area contributed by atoms with E-state index in [0.717, 1.165) is 22.7 Å². The Labute approximate surface area is 172 Å². The zero-order valence-electron chi connectivity index (χ0n) is 17.3. The first-order chi connectivity index (χ1) is 13.3. The third-order valence-corrected chi connectivity index (χ3v) is 5.59. The molecule has 2 N–H and O–H groups in total. The van der Waals surface area contributed by atoms with E-state index in [-0.39, 0.29) is 24.4 Å². The number of quaternary nitrogens is 1. The van der Waals surface area contributed by atoms with Gasteiger partial charge in [-0.15, -0.1) is 11.8 Å². The lowest BCUT2D eigenvalue weighted by Crippen LogP contribution is -3.12. The van der Waals surface area contributed by atoms with Crippen LogP contribution < -0.4 is 10.2 Å². The normalized spacial score (nSPS) is 12.9. The highest BCUT2D eigenvalue weighted by atomic mass is 32.2. The van der Waals surface area contributed by atoms with Gasteiger partial charge in [-0.25, -0.2) is 0 Å². The maximum Gasteiger partial charge on any atom is 0.280 e. The predicted octanol–water partition coefficient (Wildman–Crippen LogP) is 2.22. The van der Waals surface area contributed by atoms with Gasteiger partial charge in [0.15, 0.2) is 6.04 Å². The highest BCUT2D eigenvalue weighted by Crippen LogP contribution is 2.14. The number of benzene rings is 2. The second kappa shape index (κ2) is 10.3. The first-order valence-electron chi connectivity index (χ1n) is 9.37. The molecule has 0 saturated heterocycles. The monoisotopic (exact) mass is 400 g/mol. The Morgan fingerprint density at radius 3 is 2.29 bits per heavy atom. The van der Waals surface area contributed by atoms with Crippen molar-refractivity contribution in [3.05, 3.63) is 59.7 Å². The number of hydrogen-bond acceptors (Lipinski definition) is 3. The fourth-order valence-corrected chi connectivity index (χ4v) is 3.30. The zero-order valence-corrected chi connectivity index (χ0v) is 18.1. The summed E-state index contributed by atoms with van der Waals surface area (Å²) in [6, 6.07) is 15.8. The molecule has 150 valence electrons. The summed E-state index contributed by atoms with van der Waals surface area (Å²) in [6.07, 6.45) is 2.05. The Bertz CT molecular complexity index is 790. The van der Waals surface area contributed by atoms with E-state index in [9.17, 15) is 9.59 Å². The molecule has 0 saturated carbocycles. The molecule has 0 fully saturated rings. The number of rotatable bonds is 8. The van der Waals surface area contributed by atoms with Crippen molar-refractivity contribution in [1.29, 1.82) is 0 Å². The largest absolute Gasteiger partial charge is 0.331 e. The number of nitrogens with zero attached hydrogens (tertiary/aromatic N) is 1. The zero-order chi connectivity index (χ0) is 20.7. The van der Waals surface area contributed by atoms with Crippen LogP contribution in [0, 0.1) is 6.92 Å². The van der Waals surface area contributed by atoms with E-state index in [1.165, 1.54) is 15.4 Å². The van der Waals surface area contributed by atoms with Crippen molar-refractivity contribution in [2.45, 2.75) is 31.3 Å². The highest BCUT2D eigenvalue weighted by Gasteiger charge is 2.26. The molecule has 0 spiro atoms. The number of aryl methyl sites for hydroxylation is 1. The number of nitrogens with one attached hydrogen (secondary N) is 2. The van der Waals surface area contributed by atoms with Crippen LogP contribution in [0.2, 0.25) is 0 Å². The standard InChI is InChI=1S/C22H29N3O2S/c1-16-6-10-19(11-7-16)23-21(26)15-25(4)22(27)17(2)24(3)14-18-8-12-20(28-5)13-9-18/h6-13,17H,14-15H2,1-5H3,(H,23,26)/p+1/t17-/m0/s1. The van der Waals surface area contributed by atoms with E-state index in [0.29, 0.717) is 0 Å². The third kappa shape index (κ3) is 6.39. The lowest BCUT2D eigenvalue weighted by Gasteiger charge is -2.25. The molecule has 0 bridgehead atoms. The van der Waals surface area contributed by atoms with E-state index in [2.05, 4.69) is 35.8 Å². The molecule has 28 heavy (non-hydrogen) atoms. The second-order valence-electron chi connectivity index (χ2n) is 7.20. The number of anilines is 1. The number of carbonyl (C=O) groups is 2. The van der Waals surface area contributed by atoms with Crippen LogP contribution in [-0.4, -0.2) is 49.7 Å². The molecule has 2 aromatic carbocycles.